The molecule has 1 saturated heterocycles. The van der Waals surface area contributed by atoms with E-state index in [0.717, 1.165) is 6.07 Å². The summed E-state index contributed by atoms with van der Waals surface area (Å²) in [5.74, 6) is -0.911. The van der Waals surface area contributed by atoms with E-state index < -0.39 is 26.0 Å². The SMILES string of the molecule is Cc1ccc(N2C(=O)CCS2(=O)=O)cc1S(=O)(=O)Nc1cc(Cl)ccc1Cl. The minimum Gasteiger partial charge on any atom is -0.278 e. The van der Waals surface area contributed by atoms with Crippen LogP contribution in [0.4, 0.5) is 11.4 Å². The van der Waals surface area contributed by atoms with Crippen molar-refractivity contribution in [1.82, 2.24) is 0 Å². The van der Waals surface area contributed by atoms with Crippen molar-refractivity contribution in [2.24, 2.45) is 0 Å². The number of aryl methyl sites for hydroxylation is 1. The summed E-state index contributed by atoms with van der Waals surface area (Å²) in [6.45, 7) is 1.55. The zero-order chi connectivity index (χ0) is 20.0. The molecule has 144 valence electrons. The van der Waals surface area contributed by atoms with Crippen molar-refractivity contribution in [3.05, 3.63) is 52.0 Å². The highest BCUT2D eigenvalue weighted by Crippen LogP contribution is 2.32. The van der Waals surface area contributed by atoms with Gasteiger partial charge >= 0.3 is 0 Å². The largest absolute Gasteiger partial charge is 0.278 e. The molecule has 1 fully saturated rings. The summed E-state index contributed by atoms with van der Waals surface area (Å²) in [6, 6.07) is 8.29. The molecule has 2 aromatic carbocycles. The molecule has 3 rings (SSSR count). The summed E-state index contributed by atoms with van der Waals surface area (Å²) < 4.78 is 52.8. The second kappa shape index (κ2) is 6.97. The molecular weight excluding hydrogens is 435 g/mol. The fourth-order valence-electron chi connectivity index (χ4n) is 2.65. The Hall–Kier alpha value is -1.81. The van der Waals surface area contributed by atoms with E-state index in [1.807, 2.05) is 0 Å². The minimum atomic E-state index is -4.12. The topological polar surface area (TPSA) is 101 Å². The first-order valence-corrected chi connectivity index (χ1v) is 11.5. The van der Waals surface area contributed by atoms with Crippen LogP contribution in [-0.4, -0.2) is 28.5 Å². The number of carbonyl (C=O) groups excluding carboxylic acids is 1. The highest BCUT2D eigenvalue weighted by atomic mass is 35.5. The number of rotatable bonds is 4. The summed E-state index contributed by atoms with van der Waals surface area (Å²) in [6.07, 6.45) is -0.144. The second-order valence-electron chi connectivity index (χ2n) is 5.90. The highest BCUT2D eigenvalue weighted by molar-refractivity contribution is 7.94. The molecule has 27 heavy (non-hydrogen) atoms. The number of sulfonamides is 2. The lowest BCUT2D eigenvalue weighted by atomic mass is 10.2. The first kappa shape index (κ1) is 19.9. The second-order valence-corrected chi connectivity index (χ2v) is 10.3. The van der Waals surface area contributed by atoms with Gasteiger partial charge in [0.1, 0.15) is 0 Å². The molecule has 0 bridgehead atoms. The first-order valence-electron chi connectivity index (χ1n) is 7.66. The first-order chi connectivity index (χ1) is 12.5. The van der Waals surface area contributed by atoms with Crippen LogP contribution in [0.2, 0.25) is 10.0 Å². The van der Waals surface area contributed by atoms with E-state index in [-0.39, 0.29) is 38.5 Å². The third kappa shape index (κ3) is 3.91. The molecule has 0 atom stereocenters. The predicted octanol–water partition coefficient (Wildman–Crippen LogP) is 3.17. The molecule has 0 saturated carbocycles. The minimum absolute atomic E-state index is 0.0272. The lowest BCUT2D eigenvalue weighted by molar-refractivity contribution is -0.116. The van der Waals surface area contributed by atoms with Gasteiger partial charge in [-0.3, -0.25) is 9.52 Å². The molecule has 1 aliphatic rings. The Bertz CT molecular complexity index is 1150. The summed E-state index contributed by atoms with van der Waals surface area (Å²) in [5, 5.41) is 0.436. The standard InChI is InChI=1S/C16H14Cl2N2O5S2/c1-10-2-4-12(20-16(21)6-7-26(20,22)23)9-15(10)27(24,25)19-14-8-11(17)3-5-13(14)18/h2-5,8-9,19H,6-7H2,1H3. The van der Waals surface area contributed by atoms with Crippen LogP contribution in [0.15, 0.2) is 41.3 Å². The van der Waals surface area contributed by atoms with E-state index in [2.05, 4.69) is 4.72 Å². The van der Waals surface area contributed by atoms with Gasteiger partial charge in [0.2, 0.25) is 15.9 Å². The summed E-state index contributed by atoms with van der Waals surface area (Å²) in [4.78, 5) is 11.8. The number of amides is 1. The monoisotopic (exact) mass is 448 g/mol. The number of hydrogen-bond acceptors (Lipinski definition) is 5. The Kier molecular flexibility index (Phi) is 5.15. The number of benzene rings is 2. The van der Waals surface area contributed by atoms with E-state index in [9.17, 15) is 21.6 Å². The molecule has 0 aromatic heterocycles. The average molecular weight is 449 g/mol. The maximum Gasteiger partial charge on any atom is 0.262 e. The van der Waals surface area contributed by atoms with Gasteiger partial charge in [-0.15, -0.1) is 0 Å². The van der Waals surface area contributed by atoms with Crippen LogP contribution in [0, 0.1) is 6.92 Å². The lowest BCUT2D eigenvalue weighted by Gasteiger charge is -2.18. The van der Waals surface area contributed by atoms with Crippen molar-refractivity contribution in [3.63, 3.8) is 0 Å². The van der Waals surface area contributed by atoms with Crippen molar-refractivity contribution in [1.29, 1.82) is 0 Å². The Labute approximate surface area is 167 Å². The van der Waals surface area contributed by atoms with E-state index in [0.29, 0.717) is 9.87 Å². The van der Waals surface area contributed by atoms with Gasteiger partial charge in [-0.1, -0.05) is 29.3 Å². The van der Waals surface area contributed by atoms with Gasteiger partial charge in [0.05, 0.1) is 27.0 Å². The fraction of sp³-hybridized carbons (Fsp3) is 0.188. The summed E-state index contributed by atoms with van der Waals surface area (Å²) in [5.41, 5.74) is 0.424. The van der Waals surface area contributed by atoms with Crippen molar-refractivity contribution in [2.75, 3.05) is 14.8 Å². The fourth-order valence-corrected chi connectivity index (χ4v) is 5.83. The van der Waals surface area contributed by atoms with Crippen LogP contribution >= 0.6 is 23.2 Å². The third-order valence-corrected chi connectivity index (χ3v) is 7.71. The molecule has 1 N–H and O–H groups in total. The molecular formula is C16H14Cl2N2O5S2. The maximum atomic E-state index is 12.8. The van der Waals surface area contributed by atoms with Gasteiger partial charge in [-0.25, -0.2) is 21.1 Å². The van der Waals surface area contributed by atoms with Gasteiger partial charge in [0.15, 0.2) is 0 Å². The van der Waals surface area contributed by atoms with Crippen LogP contribution < -0.4 is 9.03 Å². The zero-order valence-electron chi connectivity index (χ0n) is 13.9. The quantitative estimate of drug-likeness (QED) is 0.773. The number of carbonyl (C=O) groups is 1. The number of nitrogens with one attached hydrogen (secondary N) is 1. The molecule has 0 spiro atoms. The van der Waals surface area contributed by atoms with E-state index in [1.54, 1.807) is 6.92 Å². The van der Waals surface area contributed by atoms with Gasteiger partial charge in [0.25, 0.3) is 10.0 Å². The molecule has 11 heteroatoms. The molecule has 0 unspecified atom stereocenters. The number of nitrogens with zero attached hydrogens (tertiary/aromatic N) is 1. The van der Waals surface area contributed by atoms with Crippen LogP contribution in [-0.2, 0) is 24.8 Å². The van der Waals surface area contributed by atoms with E-state index in [1.165, 1.54) is 30.3 Å². The lowest BCUT2D eigenvalue weighted by Crippen LogP contribution is -2.29. The van der Waals surface area contributed by atoms with Crippen molar-refractivity contribution < 1.29 is 21.6 Å². The maximum absolute atomic E-state index is 12.8. The van der Waals surface area contributed by atoms with Crippen LogP contribution in [0.25, 0.3) is 0 Å². The third-order valence-electron chi connectivity index (χ3n) is 3.95. The Morgan fingerprint density at radius 2 is 1.81 bits per heavy atom. The average Bonchev–Trinajstić information content (AvgIpc) is 2.84. The molecule has 0 radical (unpaired) electrons. The molecule has 2 aromatic rings. The van der Waals surface area contributed by atoms with Crippen LogP contribution in [0.3, 0.4) is 0 Å². The van der Waals surface area contributed by atoms with Crippen molar-refractivity contribution in [3.8, 4) is 0 Å². The summed E-state index contributed by atoms with van der Waals surface area (Å²) >= 11 is 11.9. The van der Waals surface area contributed by atoms with Gasteiger partial charge in [-0.2, -0.15) is 0 Å². The molecule has 1 aliphatic heterocycles. The Balaban J connectivity index is 2.06. The molecule has 0 aliphatic carbocycles. The molecule has 1 heterocycles. The highest BCUT2D eigenvalue weighted by Gasteiger charge is 2.37. The predicted molar refractivity (Wildman–Crippen MR) is 104 cm³/mol. The van der Waals surface area contributed by atoms with Gasteiger partial charge in [0, 0.05) is 11.4 Å². The number of halogens is 2. The number of anilines is 2. The smallest absolute Gasteiger partial charge is 0.262 e. The van der Waals surface area contributed by atoms with Gasteiger partial charge < -0.3 is 0 Å². The van der Waals surface area contributed by atoms with Crippen LogP contribution in [0.1, 0.15) is 12.0 Å². The number of hydrogen-bond donors (Lipinski definition) is 1. The van der Waals surface area contributed by atoms with Gasteiger partial charge in [-0.05, 0) is 42.8 Å². The van der Waals surface area contributed by atoms with E-state index >= 15 is 0 Å². The molecule has 7 nitrogen and oxygen atoms in total. The zero-order valence-corrected chi connectivity index (χ0v) is 17.1. The van der Waals surface area contributed by atoms with E-state index in [4.69, 9.17) is 23.2 Å². The summed E-state index contributed by atoms with van der Waals surface area (Å²) in [7, 11) is -7.92. The Morgan fingerprint density at radius 3 is 2.44 bits per heavy atom. The normalized spacial score (nSPS) is 16.6. The van der Waals surface area contributed by atoms with Crippen molar-refractivity contribution in [2.45, 2.75) is 18.2 Å². The van der Waals surface area contributed by atoms with Crippen LogP contribution in [0.5, 0.6) is 0 Å². The molecule has 1 amide bonds. The van der Waals surface area contributed by atoms with Crippen molar-refractivity contribution >= 4 is 60.5 Å². The Morgan fingerprint density at radius 1 is 1.11 bits per heavy atom.